The summed E-state index contributed by atoms with van der Waals surface area (Å²) in [4.78, 5) is 23.1. The van der Waals surface area contributed by atoms with Gasteiger partial charge in [-0.05, 0) is 48.5 Å². The fourth-order valence-electron chi connectivity index (χ4n) is 3.06. The molecule has 1 aliphatic heterocycles. The van der Waals surface area contributed by atoms with Gasteiger partial charge >= 0.3 is 0 Å². The van der Waals surface area contributed by atoms with Crippen molar-refractivity contribution in [1.29, 1.82) is 0 Å². The number of benzene rings is 2. The van der Waals surface area contributed by atoms with Gasteiger partial charge < -0.3 is 26.0 Å². The van der Waals surface area contributed by atoms with E-state index in [-0.39, 0.29) is 11.9 Å². The van der Waals surface area contributed by atoms with Gasteiger partial charge in [-0.1, -0.05) is 11.6 Å². The Labute approximate surface area is 179 Å². The standard InChI is InChI=1S/C21H21ClN6O2/c22-15-3-7-17(8-4-15)25-20(29)14-1-5-16(6-2-14)24-18-13-19(27-21(23)26-18)28-9-11-30-12-10-28/h1-8,13H,9-12H2,(H,25,29)(H3,23,24,26,27). The average Bonchev–Trinajstić information content (AvgIpc) is 2.76. The molecule has 2 heterocycles. The summed E-state index contributed by atoms with van der Waals surface area (Å²) >= 11 is 5.87. The highest BCUT2D eigenvalue weighted by atomic mass is 35.5. The maximum atomic E-state index is 12.4. The molecule has 1 aromatic heterocycles. The molecule has 3 aromatic rings. The van der Waals surface area contributed by atoms with Crippen LogP contribution < -0.4 is 21.3 Å². The predicted octanol–water partition coefficient (Wildman–Crippen LogP) is 3.54. The first-order valence-electron chi connectivity index (χ1n) is 9.48. The Morgan fingerprint density at radius 2 is 1.67 bits per heavy atom. The Bertz CT molecular complexity index is 1020. The van der Waals surface area contributed by atoms with E-state index in [0.29, 0.717) is 35.3 Å². The molecule has 0 aliphatic carbocycles. The van der Waals surface area contributed by atoms with Crippen LogP contribution in [0.15, 0.2) is 54.6 Å². The molecule has 4 N–H and O–H groups in total. The van der Waals surface area contributed by atoms with Crippen LogP contribution in [0.5, 0.6) is 0 Å². The van der Waals surface area contributed by atoms with Gasteiger partial charge in [-0.25, -0.2) is 0 Å². The smallest absolute Gasteiger partial charge is 0.255 e. The van der Waals surface area contributed by atoms with Crippen LogP contribution in [-0.2, 0) is 4.74 Å². The highest BCUT2D eigenvalue weighted by molar-refractivity contribution is 6.30. The van der Waals surface area contributed by atoms with Gasteiger partial charge in [0.1, 0.15) is 11.6 Å². The number of ether oxygens (including phenoxy) is 1. The van der Waals surface area contributed by atoms with Crippen LogP contribution >= 0.6 is 11.6 Å². The quantitative estimate of drug-likeness (QED) is 0.575. The molecule has 30 heavy (non-hydrogen) atoms. The number of aromatic nitrogens is 2. The molecule has 8 nitrogen and oxygen atoms in total. The third-order valence-corrected chi connectivity index (χ3v) is 4.84. The number of nitrogens with two attached hydrogens (primary N) is 1. The van der Waals surface area contributed by atoms with Crippen molar-refractivity contribution in [2.24, 2.45) is 0 Å². The lowest BCUT2D eigenvalue weighted by Gasteiger charge is -2.28. The molecule has 4 rings (SSSR count). The summed E-state index contributed by atoms with van der Waals surface area (Å²) in [6.07, 6.45) is 0. The number of carbonyl (C=O) groups excluding carboxylic acids is 1. The third-order valence-electron chi connectivity index (χ3n) is 4.59. The molecular weight excluding hydrogens is 404 g/mol. The number of anilines is 5. The first kappa shape index (κ1) is 19.9. The normalized spacial score (nSPS) is 13.7. The van der Waals surface area contributed by atoms with Crippen molar-refractivity contribution in [2.45, 2.75) is 0 Å². The van der Waals surface area contributed by atoms with E-state index in [1.54, 1.807) is 36.4 Å². The van der Waals surface area contributed by atoms with Gasteiger partial charge in [0.05, 0.1) is 13.2 Å². The van der Waals surface area contributed by atoms with Crippen molar-refractivity contribution < 1.29 is 9.53 Å². The van der Waals surface area contributed by atoms with Crippen LogP contribution in [0, 0.1) is 0 Å². The number of hydrogen-bond donors (Lipinski definition) is 3. The van der Waals surface area contributed by atoms with Gasteiger partial charge in [0.2, 0.25) is 5.95 Å². The zero-order valence-corrected chi connectivity index (χ0v) is 16.9. The lowest BCUT2D eigenvalue weighted by molar-refractivity contribution is 0.102. The second kappa shape index (κ2) is 8.98. The predicted molar refractivity (Wildman–Crippen MR) is 119 cm³/mol. The number of amides is 1. The van der Waals surface area contributed by atoms with Gasteiger partial charge in [-0.3, -0.25) is 4.79 Å². The highest BCUT2D eigenvalue weighted by Gasteiger charge is 2.14. The van der Waals surface area contributed by atoms with Crippen molar-refractivity contribution in [3.8, 4) is 0 Å². The summed E-state index contributed by atoms with van der Waals surface area (Å²) in [6, 6.07) is 15.9. The second-order valence-corrected chi connectivity index (χ2v) is 7.17. The summed E-state index contributed by atoms with van der Waals surface area (Å²) in [5, 5.41) is 6.66. The third kappa shape index (κ3) is 4.97. The van der Waals surface area contributed by atoms with Crippen molar-refractivity contribution in [2.75, 3.05) is 47.6 Å². The molecule has 1 saturated heterocycles. The molecular formula is C21H21ClN6O2. The zero-order chi connectivity index (χ0) is 20.9. The Morgan fingerprint density at radius 1 is 1.00 bits per heavy atom. The fraction of sp³-hybridized carbons (Fsp3) is 0.190. The first-order chi connectivity index (χ1) is 14.6. The van der Waals surface area contributed by atoms with E-state index < -0.39 is 0 Å². The SMILES string of the molecule is Nc1nc(Nc2ccc(C(=O)Nc3ccc(Cl)cc3)cc2)cc(N2CCOCC2)n1. The molecule has 0 saturated carbocycles. The van der Waals surface area contributed by atoms with E-state index in [9.17, 15) is 4.79 Å². The minimum atomic E-state index is -0.204. The summed E-state index contributed by atoms with van der Waals surface area (Å²) in [7, 11) is 0. The molecule has 0 unspecified atom stereocenters. The van der Waals surface area contributed by atoms with E-state index in [1.807, 2.05) is 18.2 Å². The monoisotopic (exact) mass is 424 g/mol. The maximum absolute atomic E-state index is 12.4. The van der Waals surface area contributed by atoms with E-state index in [2.05, 4.69) is 25.5 Å². The van der Waals surface area contributed by atoms with Crippen molar-refractivity contribution in [1.82, 2.24) is 9.97 Å². The van der Waals surface area contributed by atoms with E-state index in [0.717, 1.165) is 24.6 Å². The van der Waals surface area contributed by atoms with E-state index >= 15 is 0 Å². The largest absolute Gasteiger partial charge is 0.378 e. The lowest BCUT2D eigenvalue weighted by atomic mass is 10.2. The zero-order valence-electron chi connectivity index (χ0n) is 16.1. The molecule has 2 aromatic carbocycles. The van der Waals surface area contributed by atoms with Crippen LogP contribution in [0.4, 0.5) is 29.0 Å². The number of nitrogen functional groups attached to an aromatic ring is 1. The number of rotatable bonds is 5. The molecule has 0 atom stereocenters. The lowest BCUT2D eigenvalue weighted by Crippen LogP contribution is -2.36. The molecule has 1 amide bonds. The molecule has 0 bridgehead atoms. The van der Waals surface area contributed by atoms with Crippen LogP contribution in [0.1, 0.15) is 10.4 Å². The number of morpholine rings is 1. The van der Waals surface area contributed by atoms with Crippen LogP contribution in [0.2, 0.25) is 5.02 Å². The van der Waals surface area contributed by atoms with Gasteiger partial charge in [0.25, 0.3) is 5.91 Å². The van der Waals surface area contributed by atoms with Gasteiger partial charge in [0.15, 0.2) is 0 Å². The topological polar surface area (TPSA) is 105 Å². The number of carbonyl (C=O) groups is 1. The molecule has 0 radical (unpaired) electrons. The molecule has 154 valence electrons. The fourth-order valence-corrected chi connectivity index (χ4v) is 3.19. The first-order valence-corrected chi connectivity index (χ1v) is 9.86. The van der Waals surface area contributed by atoms with Crippen LogP contribution in [0.3, 0.4) is 0 Å². The molecule has 0 spiro atoms. The number of nitrogens with one attached hydrogen (secondary N) is 2. The number of hydrogen-bond acceptors (Lipinski definition) is 7. The average molecular weight is 425 g/mol. The van der Waals surface area contributed by atoms with Gasteiger partial charge in [-0.15, -0.1) is 0 Å². The minimum Gasteiger partial charge on any atom is -0.378 e. The van der Waals surface area contributed by atoms with Crippen molar-refractivity contribution >= 4 is 46.5 Å². The molecule has 9 heteroatoms. The Kier molecular flexibility index (Phi) is 5.97. The Morgan fingerprint density at radius 3 is 2.37 bits per heavy atom. The maximum Gasteiger partial charge on any atom is 0.255 e. The van der Waals surface area contributed by atoms with Crippen LogP contribution in [-0.4, -0.2) is 42.2 Å². The number of halogens is 1. The summed E-state index contributed by atoms with van der Waals surface area (Å²) in [5.74, 6) is 1.33. The Balaban J connectivity index is 1.43. The summed E-state index contributed by atoms with van der Waals surface area (Å²) < 4.78 is 5.38. The van der Waals surface area contributed by atoms with Crippen molar-refractivity contribution in [3.63, 3.8) is 0 Å². The van der Waals surface area contributed by atoms with Gasteiger partial charge in [-0.2, -0.15) is 9.97 Å². The molecule has 1 fully saturated rings. The van der Waals surface area contributed by atoms with Crippen molar-refractivity contribution in [3.05, 3.63) is 65.2 Å². The highest BCUT2D eigenvalue weighted by Crippen LogP contribution is 2.22. The molecule has 1 aliphatic rings. The summed E-state index contributed by atoms with van der Waals surface area (Å²) in [5.41, 5.74) is 7.88. The number of nitrogens with zero attached hydrogens (tertiary/aromatic N) is 3. The van der Waals surface area contributed by atoms with Gasteiger partial charge in [0, 0.05) is 41.1 Å². The summed E-state index contributed by atoms with van der Waals surface area (Å²) in [6.45, 7) is 2.83. The van der Waals surface area contributed by atoms with Crippen LogP contribution in [0.25, 0.3) is 0 Å². The Hall–Kier alpha value is -3.36. The van der Waals surface area contributed by atoms with E-state index in [4.69, 9.17) is 22.1 Å². The second-order valence-electron chi connectivity index (χ2n) is 6.73. The van der Waals surface area contributed by atoms with E-state index in [1.165, 1.54) is 0 Å². The minimum absolute atomic E-state index is 0.195.